The largest absolute Gasteiger partial charge is 0.352 e. The summed E-state index contributed by atoms with van der Waals surface area (Å²) in [5.74, 6) is 1.03. The van der Waals surface area contributed by atoms with Crippen LogP contribution in [-0.2, 0) is 11.2 Å². The number of anilines is 1. The van der Waals surface area contributed by atoms with Crippen LogP contribution in [0, 0.1) is 6.92 Å². The average molecular weight is 373 g/mol. The highest BCUT2D eigenvalue weighted by Crippen LogP contribution is 2.19. The molecular weight excluding hydrogens is 350 g/mol. The zero-order valence-electron chi connectivity index (χ0n) is 16.0. The number of amides is 1. The molecule has 0 bridgehead atoms. The molecular formula is C22H23N5O. The number of pyridine rings is 1. The van der Waals surface area contributed by atoms with Gasteiger partial charge in [0.1, 0.15) is 0 Å². The van der Waals surface area contributed by atoms with E-state index in [1.54, 1.807) is 12.4 Å². The molecule has 0 atom stereocenters. The number of aryl methyl sites for hydroxylation is 1. The van der Waals surface area contributed by atoms with Crippen LogP contribution in [0.1, 0.15) is 11.1 Å². The van der Waals surface area contributed by atoms with Gasteiger partial charge < -0.3 is 9.80 Å². The topological polar surface area (TPSA) is 62.2 Å². The van der Waals surface area contributed by atoms with Gasteiger partial charge in [0.15, 0.2) is 5.82 Å². The lowest BCUT2D eigenvalue weighted by Crippen LogP contribution is -2.49. The fraction of sp³-hybridized carbons (Fsp3) is 0.273. The lowest BCUT2D eigenvalue weighted by Gasteiger charge is -2.35. The van der Waals surface area contributed by atoms with Gasteiger partial charge in [-0.1, -0.05) is 29.8 Å². The molecule has 1 amide bonds. The van der Waals surface area contributed by atoms with E-state index < -0.39 is 0 Å². The quantitative estimate of drug-likeness (QED) is 0.704. The van der Waals surface area contributed by atoms with Gasteiger partial charge in [-0.2, -0.15) is 0 Å². The number of carbonyl (C=O) groups excluding carboxylic acids is 1. The molecule has 1 saturated heterocycles. The van der Waals surface area contributed by atoms with E-state index in [0.717, 1.165) is 35.7 Å². The lowest BCUT2D eigenvalue weighted by molar-refractivity contribution is -0.130. The molecule has 1 fully saturated rings. The Morgan fingerprint density at radius 3 is 2.25 bits per heavy atom. The van der Waals surface area contributed by atoms with E-state index >= 15 is 0 Å². The second-order valence-corrected chi connectivity index (χ2v) is 7.04. The van der Waals surface area contributed by atoms with Crippen LogP contribution in [0.3, 0.4) is 0 Å². The summed E-state index contributed by atoms with van der Waals surface area (Å²) in [7, 11) is 0. The molecule has 6 nitrogen and oxygen atoms in total. The highest BCUT2D eigenvalue weighted by atomic mass is 16.2. The Hall–Kier alpha value is -3.28. The van der Waals surface area contributed by atoms with Gasteiger partial charge in [-0.15, -0.1) is 10.2 Å². The predicted octanol–water partition coefficient (Wildman–Crippen LogP) is 2.74. The minimum absolute atomic E-state index is 0.183. The number of aromatic nitrogens is 3. The summed E-state index contributed by atoms with van der Waals surface area (Å²) in [4.78, 5) is 20.7. The maximum atomic E-state index is 12.6. The highest BCUT2D eigenvalue weighted by molar-refractivity contribution is 5.79. The van der Waals surface area contributed by atoms with Crippen LogP contribution in [0.25, 0.3) is 11.3 Å². The monoisotopic (exact) mass is 373 g/mol. The molecule has 142 valence electrons. The first kappa shape index (κ1) is 18.1. The highest BCUT2D eigenvalue weighted by Gasteiger charge is 2.22. The maximum Gasteiger partial charge on any atom is 0.227 e. The van der Waals surface area contributed by atoms with Gasteiger partial charge in [-0.05, 0) is 36.8 Å². The standard InChI is InChI=1S/C22H23N5O/c1-17-2-4-18(5-3-17)16-22(28)27-14-12-26(13-15-27)21-7-6-20(24-25-21)19-8-10-23-11-9-19/h2-11H,12-16H2,1H3. The first-order chi connectivity index (χ1) is 13.7. The first-order valence-corrected chi connectivity index (χ1v) is 9.51. The van der Waals surface area contributed by atoms with Crippen LogP contribution in [0.5, 0.6) is 0 Å². The van der Waals surface area contributed by atoms with Gasteiger partial charge in [0.05, 0.1) is 12.1 Å². The van der Waals surface area contributed by atoms with Crippen molar-refractivity contribution in [3.05, 3.63) is 72.1 Å². The summed E-state index contributed by atoms with van der Waals surface area (Å²) in [6, 6.07) is 16.0. The van der Waals surface area contributed by atoms with Crippen LogP contribution in [0.2, 0.25) is 0 Å². The van der Waals surface area contributed by atoms with Gasteiger partial charge in [0.2, 0.25) is 5.91 Å². The SMILES string of the molecule is Cc1ccc(CC(=O)N2CCN(c3ccc(-c4ccncc4)nn3)CC2)cc1. The van der Waals surface area contributed by atoms with Crippen molar-refractivity contribution in [2.24, 2.45) is 0 Å². The molecule has 1 aliphatic heterocycles. The van der Waals surface area contributed by atoms with E-state index in [1.165, 1.54) is 5.56 Å². The Morgan fingerprint density at radius 1 is 0.893 bits per heavy atom. The predicted molar refractivity (Wildman–Crippen MR) is 109 cm³/mol. The Morgan fingerprint density at radius 2 is 1.61 bits per heavy atom. The van der Waals surface area contributed by atoms with E-state index in [4.69, 9.17) is 0 Å². The number of carbonyl (C=O) groups is 1. The Bertz CT molecular complexity index is 917. The van der Waals surface area contributed by atoms with Crippen molar-refractivity contribution in [1.29, 1.82) is 0 Å². The molecule has 0 N–H and O–H groups in total. The Balaban J connectivity index is 1.33. The van der Waals surface area contributed by atoms with Gasteiger partial charge >= 0.3 is 0 Å². The Kier molecular flexibility index (Phi) is 5.28. The summed E-state index contributed by atoms with van der Waals surface area (Å²) >= 11 is 0. The van der Waals surface area contributed by atoms with Crippen molar-refractivity contribution in [3.8, 4) is 11.3 Å². The van der Waals surface area contributed by atoms with Crippen LogP contribution in [0.15, 0.2) is 60.9 Å². The molecule has 1 aliphatic rings. The number of benzene rings is 1. The van der Waals surface area contributed by atoms with Gasteiger partial charge in [0.25, 0.3) is 0 Å². The van der Waals surface area contributed by atoms with Crippen LogP contribution < -0.4 is 4.90 Å². The normalized spacial score (nSPS) is 14.2. The molecule has 3 heterocycles. The number of piperazine rings is 1. The number of hydrogen-bond acceptors (Lipinski definition) is 5. The van der Waals surface area contributed by atoms with E-state index in [-0.39, 0.29) is 5.91 Å². The van der Waals surface area contributed by atoms with Crippen LogP contribution in [-0.4, -0.2) is 52.2 Å². The summed E-state index contributed by atoms with van der Waals surface area (Å²) in [6.45, 7) is 5.00. The van der Waals surface area contributed by atoms with Crippen LogP contribution >= 0.6 is 0 Å². The maximum absolute atomic E-state index is 12.6. The van der Waals surface area contributed by atoms with E-state index in [9.17, 15) is 4.79 Å². The zero-order valence-corrected chi connectivity index (χ0v) is 16.0. The van der Waals surface area contributed by atoms with Gasteiger partial charge in [-0.25, -0.2) is 0 Å². The molecule has 0 spiro atoms. The first-order valence-electron chi connectivity index (χ1n) is 9.51. The smallest absolute Gasteiger partial charge is 0.227 e. The molecule has 0 radical (unpaired) electrons. The number of nitrogens with zero attached hydrogens (tertiary/aromatic N) is 5. The second-order valence-electron chi connectivity index (χ2n) is 7.04. The molecule has 0 unspecified atom stereocenters. The fourth-order valence-electron chi connectivity index (χ4n) is 3.35. The number of hydrogen-bond donors (Lipinski definition) is 0. The van der Waals surface area contributed by atoms with E-state index in [0.29, 0.717) is 19.5 Å². The number of rotatable bonds is 4. The molecule has 2 aromatic heterocycles. The molecule has 1 aromatic carbocycles. The summed E-state index contributed by atoms with van der Waals surface area (Å²) in [6.07, 6.45) is 3.95. The van der Waals surface area contributed by atoms with Gasteiger partial charge in [0, 0.05) is 44.1 Å². The van der Waals surface area contributed by atoms with Crippen molar-refractivity contribution in [1.82, 2.24) is 20.1 Å². The molecule has 0 saturated carbocycles. The minimum Gasteiger partial charge on any atom is -0.352 e. The summed E-state index contributed by atoms with van der Waals surface area (Å²) in [5.41, 5.74) is 4.11. The molecule has 0 aliphatic carbocycles. The molecule has 6 heteroatoms. The Labute approximate surface area is 164 Å². The van der Waals surface area contributed by atoms with Crippen molar-refractivity contribution in [2.75, 3.05) is 31.1 Å². The molecule has 28 heavy (non-hydrogen) atoms. The molecule has 4 rings (SSSR count). The fourth-order valence-corrected chi connectivity index (χ4v) is 3.35. The third kappa shape index (κ3) is 4.17. The third-order valence-electron chi connectivity index (χ3n) is 5.06. The van der Waals surface area contributed by atoms with E-state index in [1.807, 2.05) is 41.3 Å². The molecule has 3 aromatic rings. The third-order valence-corrected chi connectivity index (χ3v) is 5.06. The van der Waals surface area contributed by atoms with Crippen molar-refractivity contribution in [3.63, 3.8) is 0 Å². The van der Waals surface area contributed by atoms with Crippen molar-refractivity contribution in [2.45, 2.75) is 13.3 Å². The second kappa shape index (κ2) is 8.17. The lowest BCUT2D eigenvalue weighted by atomic mass is 10.1. The summed E-state index contributed by atoms with van der Waals surface area (Å²) in [5, 5.41) is 8.72. The average Bonchev–Trinajstić information content (AvgIpc) is 2.76. The summed E-state index contributed by atoms with van der Waals surface area (Å²) < 4.78 is 0. The zero-order chi connectivity index (χ0) is 19.3. The van der Waals surface area contributed by atoms with Gasteiger partial charge in [-0.3, -0.25) is 9.78 Å². The van der Waals surface area contributed by atoms with Crippen molar-refractivity contribution < 1.29 is 4.79 Å². The minimum atomic E-state index is 0.183. The van der Waals surface area contributed by atoms with Crippen molar-refractivity contribution >= 4 is 11.7 Å². The van der Waals surface area contributed by atoms with E-state index in [2.05, 4.69) is 39.1 Å². The van der Waals surface area contributed by atoms with Crippen LogP contribution in [0.4, 0.5) is 5.82 Å².